The number of carboxylic acid groups (broad SMARTS) is 1. The topological polar surface area (TPSA) is 102 Å². The van der Waals surface area contributed by atoms with Crippen LogP contribution in [0, 0.1) is 6.92 Å². The molecule has 104 valence electrons. The maximum atomic E-state index is 11.7. The van der Waals surface area contributed by atoms with Gasteiger partial charge in [-0.2, -0.15) is 0 Å². The summed E-state index contributed by atoms with van der Waals surface area (Å²) in [5.74, 6) is -1.39. The minimum atomic E-state index is -1.03. The van der Waals surface area contributed by atoms with E-state index < -0.39 is 12.0 Å². The number of ether oxygens (including phenoxy) is 1. The van der Waals surface area contributed by atoms with Gasteiger partial charge in [-0.25, -0.2) is 4.79 Å². The van der Waals surface area contributed by atoms with Gasteiger partial charge in [-0.05, 0) is 31.0 Å². The van der Waals surface area contributed by atoms with Crippen molar-refractivity contribution < 1.29 is 19.4 Å². The summed E-state index contributed by atoms with van der Waals surface area (Å²) in [5, 5.41) is 11.6. The molecule has 1 unspecified atom stereocenters. The van der Waals surface area contributed by atoms with Gasteiger partial charge in [-0.1, -0.05) is 6.07 Å². The maximum Gasteiger partial charge on any atom is 0.336 e. The highest BCUT2D eigenvalue weighted by Crippen LogP contribution is 2.15. The molecule has 19 heavy (non-hydrogen) atoms. The third kappa shape index (κ3) is 4.35. The second kappa shape index (κ2) is 6.86. The average Bonchev–Trinajstić information content (AvgIpc) is 2.37. The number of carbonyl (C=O) groups excluding carboxylic acids is 1. The van der Waals surface area contributed by atoms with Crippen LogP contribution in [0.15, 0.2) is 18.2 Å². The second-order valence-electron chi connectivity index (χ2n) is 4.21. The van der Waals surface area contributed by atoms with Crippen LogP contribution in [0.3, 0.4) is 0 Å². The fourth-order valence-corrected chi connectivity index (χ4v) is 1.54. The number of carbonyl (C=O) groups is 2. The number of hydrogen-bond donors (Lipinski definition) is 3. The lowest BCUT2D eigenvalue weighted by Crippen LogP contribution is -2.36. The van der Waals surface area contributed by atoms with Crippen LogP contribution in [0.4, 0.5) is 5.69 Å². The number of amides is 1. The quantitative estimate of drug-likeness (QED) is 0.712. The molecule has 0 aromatic heterocycles. The first-order valence-corrected chi connectivity index (χ1v) is 5.85. The van der Waals surface area contributed by atoms with Crippen LogP contribution in [0.1, 0.15) is 22.3 Å². The molecule has 6 heteroatoms. The first kappa shape index (κ1) is 15.1. The van der Waals surface area contributed by atoms with Crippen LogP contribution in [0.25, 0.3) is 0 Å². The summed E-state index contributed by atoms with van der Waals surface area (Å²) in [4.78, 5) is 22.7. The van der Waals surface area contributed by atoms with Crippen molar-refractivity contribution in [3.05, 3.63) is 29.3 Å². The Kier molecular flexibility index (Phi) is 5.47. The van der Waals surface area contributed by atoms with Gasteiger partial charge in [0.05, 0.1) is 11.6 Å². The van der Waals surface area contributed by atoms with Gasteiger partial charge in [0.2, 0.25) is 5.91 Å². The number of aromatic carboxylic acids is 1. The molecule has 0 bridgehead atoms. The molecule has 1 aromatic carbocycles. The van der Waals surface area contributed by atoms with E-state index in [1.54, 1.807) is 19.1 Å². The molecule has 0 saturated heterocycles. The van der Waals surface area contributed by atoms with E-state index in [4.69, 9.17) is 15.6 Å². The SMILES string of the molecule is COCCC(N)C(=O)Nc1ccc(C)c(C(=O)O)c1. The molecule has 0 radical (unpaired) electrons. The molecule has 1 rings (SSSR count). The summed E-state index contributed by atoms with van der Waals surface area (Å²) in [6.45, 7) is 2.09. The minimum Gasteiger partial charge on any atom is -0.478 e. The summed E-state index contributed by atoms with van der Waals surface area (Å²) in [6, 6.07) is 4.01. The lowest BCUT2D eigenvalue weighted by atomic mass is 10.1. The lowest BCUT2D eigenvalue weighted by molar-refractivity contribution is -0.117. The van der Waals surface area contributed by atoms with Gasteiger partial charge >= 0.3 is 5.97 Å². The predicted molar refractivity (Wildman–Crippen MR) is 71.2 cm³/mol. The molecule has 6 nitrogen and oxygen atoms in total. The Balaban J connectivity index is 2.74. The van der Waals surface area contributed by atoms with E-state index in [9.17, 15) is 9.59 Å². The van der Waals surface area contributed by atoms with Crippen LogP contribution in [-0.4, -0.2) is 36.7 Å². The van der Waals surface area contributed by atoms with Crippen molar-refractivity contribution in [2.24, 2.45) is 5.73 Å². The number of aryl methyl sites for hydroxylation is 1. The Morgan fingerprint density at radius 2 is 2.16 bits per heavy atom. The van der Waals surface area contributed by atoms with Crippen molar-refractivity contribution in [1.82, 2.24) is 0 Å². The molecule has 0 heterocycles. The van der Waals surface area contributed by atoms with Gasteiger partial charge in [0.25, 0.3) is 0 Å². The van der Waals surface area contributed by atoms with Crippen molar-refractivity contribution in [1.29, 1.82) is 0 Å². The van der Waals surface area contributed by atoms with E-state index in [2.05, 4.69) is 5.32 Å². The zero-order valence-electron chi connectivity index (χ0n) is 11.0. The van der Waals surface area contributed by atoms with Crippen LogP contribution in [0.5, 0.6) is 0 Å². The molecule has 0 aliphatic carbocycles. The molecule has 0 aliphatic heterocycles. The molecular formula is C13H18N2O4. The van der Waals surface area contributed by atoms with E-state index in [1.165, 1.54) is 13.2 Å². The Morgan fingerprint density at radius 1 is 1.47 bits per heavy atom. The summed E-state index contributed by atoms with van der Waals surface area (Å²) in [5.41, 5.74) is 6.88. The van der Waals surface area contributed by atoms with Gasteiger partial charge in [0.1, 0.15) is 0 Å². The number of methoxy groups -OCH3 is 1. The fraction of sp³-hybridized carbons (Fsp3) is 0.385. The Hall–Kier alpha value is -1.92. The van der Waals surface area contributed by atoms with E-state index in [-0.39, 0.29) is 11.5 Å². The number of nitrogens with one attached hydrogen (secondary N) is 1. The first-order valence-electron chi connectivity index (χ1n) is 5.85. The molecule has 0 aliphatic rings. The van der Waals surface area contributed by atoms with Gasteiger partial charge in [-0.15, -0.1) is 0 Å². The molecule has 0 fully saturated rings. The highest BCUT2D eigenvalue weighted by Gasteiger charge is 2.14. The Morgan fingerprint density at radius 3 is 2.74 bits per heavy atom. The van der Waals surface area contributed by atoms with Crippen LogP contribution in [-0.2, 0) is 9.53 Å². The summed E-state index contributed by atoms with van der Waals surface area (Å²) < 4.78 is 4.84. The highest BCUT2D eigenvalue weighted by molar-refractivity contribution is 5.97. The highest BCUT2D eigenvalue weighted by atomic mass is 16.5. The smallest absolute Gasteiger partial charge is 0.336 e. The van der Waals surface area contributed by atoms with Gasteiger partial charge < -0.3 is 20.9 Å². The number of hydrogen-bond acceptors (Lipinski definition) is 4. The Labute approximate surface area is 111 Å². The lowest BCUT2D eigenvalue weighted by Gasteiger charge is -2.12. The van der Waals surface area contributed by atoms with Crippen molar-refractivity contribution in [3.8, 4) is 0 Å². The fourth-order valence-electron chi connectivity index (χ4n) is 1.54. The summed E-state index contributed by atoms with van der Waals surface area (Å²) >= 11 is 0. The van der Waals surface area contributed by atoms with Crippen molar-refractivity contribution in [3.63, 3.8) is 0 Å². The molecule has 4 N–H and O–H groups in total. The molecule has 0 saturated carbocycles. The zero-order valence-corrected chi connectivity index (χ0v) is 11.0. The van der Waals surface area contributed by atoms with Crippen LogP contribution >= 0.6 is 0 Å². The standard InChI is InChI=1S/C13H18N2O4/c1-8-3-4-9(7-10(8)13(17)18)15-12(16)11(14)5-6-19-2/h3-4,7,11H,5-6,14H2,1-2H3,(H,15,16)(H,17,18). The van der Waals surface area contributed by atoms with Gasteiger partial charge in [0.15, 0.2) is 0 Å². The number of rotatable bonds is 6. The second-order valence-corrected chi connectivity index (χ2v) is 4.21. The minimum absolute atomic E-state index is 0.156. The largest absolute Gasteiger partial charge is 0.478 e. The summed E-state index contributed by atoms with van der Waals surface area (Å²) in [6.07, 6.45) is 0.403. The first-order chi connectivity index (χ1) is 8.95. The summed E-state index contributed by atoms with van der Waals surface area (Å²) in [7, 11) is 1.53. The molecular weight excluding hydrogens is 248 g/mol. The monoisotopic (exact) mass is 266 g/mol. The van der Waals surface area contributed by atoms with Crippen LogP contribution in [0.2, 0.25) is 0 Å². The normalized spacial score (nSPS) is 11.9. The van der Waals surface area contributed by atoms with Gasteiger partial charge in [-0.3, -0.25) is 4.79 Å². The predicted octanol–water partition coefficient (Wildman–Crippen LogP) is 0.996. The van der Waals surface area contributed by atoms with Gasteiger partial charge in [0, 0.05) is 19.4 Å². The molecule has 1 aromatic rings. The van der Waals surface area contributed by atoms with Crippen molar-refractivity contribution in [2.45, 2.75) is 19.4 Å². The van der Waals surface area contributed by atoms with Crippen LogP contribution < -0.4 is 11.1 Å². The molecule has 0 spiro atoms. The Bertz CT molecular complexity index is 474. The zero-order chi connectivity index (χ0) is 14.4. The van der Waals surface area contributed by atoms with E-state index in [1.807, 2.05) is 0 Å². The van der Waals surface area contributed by atoms with E-state index in [0.29, 0.717) is 24.3 Å². The number of benzene rings is 1. The number of anilines is 1. The van der Waals surface area contributed by atoms with Crippen molar-refractivity contribution in [2.75, 3.05) is 19.0 Å². The van der Waals surface area contributed by atoms with E-state index >= 15 is 0 Å². The average molecular weight is 266 g/mol. The third-order valence-corrected chi connectivity index (χ3v) is 2.71. The molecule has 1 amide bonds. The van der Waals surface area contributed by atoms with Crippen molar-refractivity contribution >= 4 is 17.6 Å². The van der Waals surface area contributed by atoms with E-state index in [0.717, 1.165) is 0 Å². The number of nitrogens with two attached hydrogens (primary N) is 1. The number of carboxylic acids is 1. The third-order valence-electron chi connectivity index (χ3n) is 2.71. The maximum absolute atomic E-state index is 11.7. The molecule has 1 atom stereocenters.